The van der Waals surface area contributed by atoms with Gasteiger partial charge in [-0.15, -0.1) is 22.7 Å². The fraction of sp³-hybridized carbons (Fsp3) is 0.429. The zero-order valence-corrected chi connectivity index (χ0v) is 14.3. The molecule has 1 N–H and O–H groups in total. The van der Waals surface area contributed by atoms with E-state index in [-0.39, 0.29) is 5.41 Å². The van der Waals surface area contributed by atoms with Gasteiger partial charge in [-0.25, -0.2) is 0 Å². The molecule has 0 bridgehead atoms. The van der Waals surface area contributed by atoms with Gasteiger partial charge in [-0.2, -0.15) is 0 Å². The van der Waals surface area contributed by atoms with E-state index in [1.807, 2.05) is 18.4 Å². The lowest BCUT2D eigenvalue weighted by Gasteiger charge is -2.16. The third-order valence-corrected chi connectivity index (χ3v) is 5.96. The van der Waals surface area contributed by atoms with Crippen LogP contribution in [-0.4, -0.2) is 7.05 Å². The van der Waals surface area contributed by atoms with Crippen LogP contribution in [0.2, 0.25) is 0 Å². The van der Waals surface area contributed by atoms with Gasteiger partial charge in [-0.1, -0.05) is 20.8 Å². The second kappa shape index (κ2) is 5.45. The summed E-state index contributed by atoms with van der Waals surface area (Å²) in [5.41, 5.74) is 1.56. The van der Waals surface area contributed by atoms with Crippen molar-refractivity contribution in [1.29, 1.82) is 0 Å². The Morgan fingerprint density at radius 1 is 1.28 bits per heavy atom. The molecule has 0 radical (unpaired) electrons. The lowest BCUT2D eigenvalue weighted by molar-refractivity contribution is 0.604. The number of thiophene rings is 2. The molecule has 2 aromatic rings. The van der Waals surface area contributed by atoms with E-state index in [1.165, 1.54) is 19.1 Å². The Kier molecular flexibility index (Phi) is 4.32. The average molecular weight is 344 g/mol. The molecule has 0 fully saturated rings. The number of rotatable bonds is 3. The summed E-state index contributed by atoms with van der Waals surface area (Å²) in [7, 11) is 2.02. The number of nitrogens with one attached hydrogen (secondary N) is 1. The Morgan fingerprint density at radius 3 is 2.44 bits per heavy atom. The highest BCUT2D eigenvalue weighted by molar-refractivity contribution is 9.11. The van der Waals surface area contributed by atoms with E-state index < -0.39 is 0 Å². The zero-order chi connectivity index (χ0) is 13.3. The van der Waals surface area contributed by atoms with E-state index in [2.05, 4.69) is 65.6 Å². The standard InChI is InChI=1S/C14H18BrNS2/c1-14(2,3)11-6-5-10(18-11)13(16-4)9-7-12(15)17-8-9/h5-8,13,16H,1-4H3. The van der Waals surface area contributed by atoms with E-state index in [0.717, 1.165) is 0 Å². The Labute approximate surface area is 125 Å². The molecular weight excluding hydrogens is 326 g/mol. The normalized spacial score (nSPS) is 13.8. The molecule has 4 heteroatoms. The van der Waals surface area contributed by atoms with Crippen LogP contribution in [0.15, 0.2) is 27.4 Å². The first-order valence-corrected chi connectivity index (χ1v) is 8.42. The van der Waals surface area contributed by atoms with Crippen molar-refractivity contribution in [2.75, 3.05) is 7.05 Å². The third kappa shape index (κ3) is 3.05. The second-order valence-corrected chi connectivity index (χ2v) is 8.76. The number of hydrogen-bond donors (Lipinski definition) is 1. The van der Waals surface area contributed by atoms with E-state index in [4.69, 9.17) is 0 Å². The summed E-state index contributed by atoms with van der Waals surface area (Å²) in [6.45, 7) is 6.79. The van der Waals surface area contributed by atoms with Gasteiger partial charge >= 0.3 is 0 Å². The molecule has 0 aromatic carbocycles. The lowest BCUT2D eigenvalue weighted by atomic mass is 9.95. The summed E-state index contributed by atoms with van der Waals surface area (Å²) < 4.78 is 1.19. The molecule has 1 atom stereocenters. The molecule has 1 nitrogen and oxygen atoms in total. The van der Waals surface area contributed by atoms with Crippen LogP contribution in [0.3, 0.4) is 0 Å². The molecule has 0 spiro atoms. The molecule has 0 amide bonds. The first-order chi connectivity index (χ1) is 8.41. The Morgan fingerprint density at radius 2 is 2.00 bits per heavy atom. The third-order valence-electron chi connectivity index (χ3n) is 2.86. The fourth-order valence-electron chi connectivity index (χ4n) is 1.86. The lowest BCUT2D eigenvalue weighted by Crippen LogP contribution is -2.15. The summed E-state index contributed by atoms with van der Waals surface area (Å²) in [5, 5.41) is 5.62. The minimum Gasteiger partial charge on any atom is -0.309 e. The van der Waals surface area contributed by atoms with E-state index >= 15 is 0 Å². The van der Waals surface area contributed by atoms with Gasteiger partial charge in [0.05, 0.1) is 9.83 Å². The molecule has 98 valence electrons. The largest absolute Gasteiger partial charge is 0.309 e. The van der Waals surface area contributed by atoms with E-state index in [1.54, 1.807) is 11.3 Å². The molecule has 0 saturated carbocycles. The SMILES string of the molecule is CNC(c1csc(Br)c1)c1ccc(C(C)(C)C)s1. The maximum Gasteiger partial charge on any atom is 0.0701 e. The van der Waals surface area contributed by atoms with Crippen LogP contribution in [-0.2, 0) is 5.41 Å². The van der Waals surface area contributed by atoms with Gasteiger partial charge in [0.1, 0.15) is 0 Å². The van der Waals surface area contributed by atoms with Gasteiger partial charge in [0, 0.05) is 9.75 Å². The molecule has 2 aromatic heterocycles. The van der Waals surface area contributed by atoms with Gasteiger partial charge in [-0.05, 0) is 57.5 Å². The second-order valence-electron chi connectivity index (χ2n) is 5.36. The first-order valence-electron chi connectivity index (χ1n) is 5.93. The molecule has 18 heavy (non-hydrogen) atoms. The number of halogens is 1. The molecule has 0 aliphatic carbocycles. The predicted octanol–water partition coefficient (Wildman–Crippen LogP) is 5.18. The molecule has 0 aliphatic heterocycles. The van der Waals surface area contributed by atoms with Crippen LogP contribution in [0.4, 0.5) is 0 Å². The van der Waals surface area contributed by atoms with Crippen LogP contribution in [0.25, 0.3) is 0 Å². The van der Waals surface area contributed by atoms with Crippen molar-refractivity contribution in [2.45, 2.75) is 32.2 Å². The summed E-state index contributed by atoms with van der Waals surface area (Å²) in [6.07, 6.45) is 0. The molecule has 2 heterocycles. The van der Waals surface area contributed by atoms with Gasteiger partial charge in [0.25, 0.3) is 0 Å². The highest BCUT2D eigenvalue weighted by atomic mass is 79.9. The van der Waals surface area contributed by atoms with E-state index in [0.29, 0.717) is 6.04 Å². The predicted molar refractivity (Wildman–Crippen MR) is 85.9 cm³/mol. The van der Waals surface area contributed by atoms with Gasteiger partial charge in [0.2, 0.25) is 0 Å². The summed E-state index contributed by atoms with van der Waals surface area (Å²) in [6, 6.07) is 7.00. The Hall–Kier alpha value is -0.160. The summed E-state index contributed by atoms with van der Waals surface area (Å²) in [4.78, 5) is 2.82. The van der Waals surface area contributed by atoms with Gasteiger partial charge < -0.3 is 5.32 Å². The van der Waals surface area contributed by atoms with Crippen molar-refractivity contribution in [3.05, 3.63) is 42.7 Å². The quantitative estimate of drug-likeness (QED) is 0.809. The monoisotopic (exact) mass is 343 g/mol. The molecule has 0 saturated heterocycles. The van der Waals surface area contributed by atoms with Crippen LogP contribution in [0.1, 0.15) is 42.1 Å². The van der Waals surface area contributed by atoms with Crippen LogP contribution in [0, 0.1) is 0 Å². The van der Waals surface area contributed by atoms with Crippen molar-refractivity contribution in [1.82, 2.24) is 5.32 Å². The maximum absolute atomic E-state index is 3.53. The summed E-state index contributed by atoms with van der Waals surface area (Å²) >= 11 is 7.17. The highest BCUT2D eigenvalue weighted by Gasteiger charge is 2.20. The van der Waals surface area contributed by atoms with Crippen molar-refractivity contribution in [3.63, 3.8) is 0 Å². The smallest absolute Gasteiger partial charge is 0.0701 e. The van der Waals surface area contributed by atoms with E-state index in [9.17, 15) is 0 Å². The maximum atomic E-state index is 3.53. The van der Waals surface area contributed by atoms with Gasteiger partial charge in [0.15, 0.2) is 0 Å². The fourth-order valence-corrected chi connectivity index (χ4v) is 4.26. The minimum absolute atomic E-state index is 0.233. The molecular formula is C14H18BrNS2. The summed E-state index contributed by atoms with van der Waals surface area (Å²) in [5.74, 6) is 0. The highest BCUT2D eigenvalue weighted by Crippen LogP contribution is 2.36. The minimum atomic E-state index is 0.233. The zero-order valence-electron chi connectivity index (χ0n) is 11.1. The van der Waals surface area contributed by atoms with Crippen molar-refractivity contribution in [2.24, 2.45) is 0 Å². The Balaban J connectivity index is 2.31. The van der Waals surface area contributed by atoms with Crippen molar-refractivity contribution in [3.8, 4) is 0 Å². The molecule has 0 aliphatic rings. The van der Waals surface area contributed by atoms with Crippen LogP contribution >= 0.6 is 38.6 Å². The number of hydrogen-bond acceptors (Lipinski definition) is 3. The molecule has 2 rings (SSSR count). The van der Waals surface area contributed by atoms with Crippen molar-refractivity contribution < 1.29 is 0 Å². The average Bonchev–Trinajstić information content (AvgIpc) is 2.88. The molecule has 1 unspecified atom stereocenters. The van der Waals surface area contributed by atoms with Crippen molar-refractivity contribution >= 4 is 38.6 Å². The Bertz CT molecular complexity index is 522. The van der Waals surface area contributed by atoms with Crippen LogP contribution in [0.5, 0.6) is 0 Å². The van der Waals surface area contributed by atoms with Crippen LogP contribution < -0.4 is 5.32 Å². The first kappa shape index (κ1) is 14.3. The topological polar surface area (TPSA) is 12.0 Å². The van der Waals surface area contributed by atoms with Gasteiger partial charge in [-0.3, -0.25) is 0 Å².